The van der Waals surface area contributed by atoms with E-state index in [9.17, 15) is 24.5 Å². The van der Waals surface area contributed by atoms with E-state index in [1.807, 2.05) is 6.07 Å². The first kappa shape index (κ1) is 16.6. The first-order valence-corrected chi connectivity index (χ1v) is 7.59. The Morgan fingerprint density at radius 3 is 2.36 bits per heavy atom. The lowest BCUT2D eigenvalue weighted by Gasteiger charge is -2.35. The molecular weight excluding hydrogens is 328 g/mol. The minimum Gasteiger partial charge on any atom is -0.361 e. The molecule has 9 nitrogen and oxygen atoms in total. The van der Waals surface area contributed by atoms with Gasteiger partial charge < -0.3 is 4.98 Å². The summed E-state index contributed by atoms with van der Waals surface area (Å²) in [6.45, 7) is -0.597. The second kappa shape index (κ2) is 6.00. The summed E-state index contributed by atoms with van der Waals surface area (Å²) in [6, 6.07) is 6.40. The summed E-state index contributed by atoms with van der Waals surface area (Å²) in [5, 5.41) is 11.9. The predicted molar refractivity (Wildman–Crippen MR) is 87.3 cm³/mol. The highest BCUT2D eigenvalue weighted by atomic mass is 16.6. The van der Waals surface area contributed by atoms with Gasteiger partial charge in [-0.05, 0) is 11.6 Å². The van der Waals surface area contributed by atoms with Crippen molar-refractivity contribution in [3.63, 3.8) is 0 Å². The van der Waals surface area contributed by atoms with Gasteiger partial charge in [-0.25, -0.2) is 4.79 Å². The van der Waals surface area contributed by atoms with Crippen LogP contribution in [-0.2, 0) is 9.59 Å². The first-order chi connectivity index (χ1) is 11.8. The Morgan fingerprint density at radius 1 is 1.16 bits per heavy atom. The summed E-state index contributed by atoms with van der Waals surface area (Å²) < 4.78 is 0. The fraction of sp³-hybridized carbons (Fsp3) is 0.312. The quantitative estimate of drug-likeness (QED) is 0.508. The molecule has 0 aliphatic carbocycles. The number of imide groups is 2. The van der Waals surface area contributed by atoms with Crippen LogP contribution >= 0.6 is 0 Å². The molecule has 3 rings (SSSR count). The van der Waals surface area contributed by atoms with Crippen molar-refractivity contribution in [1.82, 2.24) is 14.8 Å². The van der Waals surface area contributed by atoms with Crippen LogP contribution in [0, 0.1) is 16.0 Å². The summed E-state index contributed by atoms with van der Waals surface area (Å²) in [5.74, 6) is -3.77. The monoisotopic (exact) mass is 344 g/mol. The third kappa shape index (κ3) is 2.63. The molecule has 2 aromatic rings. The highest BCUT2D eigenvalue weighted by Gasteiger charge is 2.49. The summed E-state index contributed by atoms with van der Waals surface area (Å²) in [6.07, 6.45) is 1.58. The topological polar surface area (TPSA) is 117 Å². The lowest BCUT2D eigenvalue weighted by molar-refractivity contribution is -0.484. The number of fused-ring (bicyclic) bond motifs is 1. The maximum atomic E-state index is 12.6. The molecule has 0 spiro atoms. The fourth-order valence-corrected chi connectivity index (χ4v) is 3.23. The Hall–Kier alpha value is -3.23. The Morgan fingerprint density at radius 2 is 1.76 bits per heavy atom. The molecule has 0 saturated carbocycles. The standard InChI is InChI=1S/C16H16N4O5/c1-18-14(21)13(15(22)19(2)16(18)23)11(8-20(24)25)10-7-17-12-6-4-3-5-9(10)12/h3-7,11,13,17H,8H2,1-2H3. The van der Waals surface area contributed by atoms with Crippen LogP contribution in [0.1, 0.15) is 11.5 Å². The molecule has 2 heterocycles. The predicted octanol–water partition coefficient (Wildman–Crippen LogP) is 1.19. The maximum absolute atomic E-state index is 12.6. The number of hydrogen-bond donors (Lipinski definition) is 1. The average Bonchev–Trinajstić information content (AvgIpc) is 3.01. The van der Waals surface area contributed by atoms with Crippen LogP contribution in [0.2, 0.25) is 0 Å². The molecule has 1 unspecified atom stereocenters. The number of aromatic amines is 1. The molecule has 1 N–H and O–H groups in total. The number of amides is 4. The van der Waals surface area contributed by atoms with Crippen LogP contribution in [0.3, 0.4) is 0 Å². The smallest absolute Gasteiger partial charge is 0.332 e. The molecular formula is C16H16N4O5. The zero-order valence-electron chi connectivity index (χ0n) is 13.6. The molecule has 1 fully saturated rings. The molecule has 0 bridgehead atoms. The molecule has 1 aliphatic rings. The molecule has 1 atom stereocenters. The molecule has 1 aliphatic heterocycles. The zero-order valence-corrected chi connectivity index (χ0v) is 13.6. The number of benzene rings is 1. The van der Waals surface area contributed by atoms with Crippen molar-refractivity contribution in [2.45, 2.75) is 5.92 Å². The number of barbiturate groups is 1. The van der Waals surface area contributed by atoms with E-state index in [-0.39, 0.29) is 0 Å². The number of carbonyl (C=O) groups excluding carboxylic acids is 3. The Bertz CT molecular complexity index is 866. The van der Waals surface area contributed by atoms with Gasteiger partial charge in [-0.15, -0.1) is 0 Å². The lowest BCUT2D eigenvalue weighted by atomic mass is 9.83. The summed E-state index contributed by atoms with van der Waals surface area (Å²) >= 11 is 0. The number of aromatic nitrogens is 1. The van der Waals surface area contributed by atoms with Gasteiger partial charge in [-0.1, -0.05) is 18.2 Å². The van der Waals surface area contributed by atoms with E-state index in [0.717, 1.165) is 15.3 Å². The summed E-state index contributed by atoms with van der Waals surface area (Å²) in [5.41, 5.74) is 1.26. The number of nitrogens with zero attached hydrogens (tertiary/aromatic N) is 3. The van der Waals surface area contributed by atoms with Crippen molar-refractivity contribution in [1.29, 1.82) is 0 Å². The Labute approximate surface area is 142 Å². The number of rotatable bonds is 4. The number of nitrogens with one attached hydrogen (secondary N) is 1. The minimum atomic E-state index is -1.32. The summed E-state index contributed by atoms with van der Waals surface area (Å²) in [4.78, 5) is 52.4. The summed E-state index contributed by atoms with van der Waals surface area (Å²) in [7, 11) is 2.53. The highest BCUT2D eigenvalue weighted by molar-refractivity contribution is 6.16. The second-order valence-electron chi connectivity index (χ2n) is 5.97. The van der Waals surface area contributed by atoms with E-state index in [1.165, 1.54) is 14.1 Å². The molecule has 1 saturated heterocycles. The Kier molecular flexibility index (Phi) is 3.99. The van der Waals surface area contributed by atoms with Gasteiger partial charge in [0, 0.05) is 36.1 Å². The third-order valence-corrected chi connectivity index (χ3v) is 4.54. The number of hydrogen-bond acceptors (Lipinski definition) is 5. The number of nitro groups is 1. The number of carbonyl (C=O) groups is 3. The Balaban J connectivity index is 2.12. The SMILES string of the molecule is CN1C(=O)C(C(C[N+](=O)[O-])c2c[nH]c3ccccc23)C(=O)N(C)C1=O. The molecule has 9 heteroatoms. The van der Waals surface area contributed by atoms with Crippen LogP contribution in [-0.4, -0.2) is 58.2 Å². The van der Waals surface area contributed by atoms with E-state index in [4.69, 9.17) is 0 Å². The van der Waals surface area contributed by atoms with Crippen molar-refractivity contribution < 1.29 is 19.3 Å². The van der Waals surface area contributed by atoms with Crippen molar-refractivity contribution in [2.75, 3.05) is 20.6 Å². The highest BCUT2D eigenvalue weighted by Crippen LogP contribution is 2.35. The van der Waals surface area contributed by atoms with Crippen molar-refractivity contribution in [3.05, 3.63) is 46.1 Å². The minimum absolute atomic E-state index is 0.509. The van der Waals surface area contributed by atoms with Gasteiger partial charge in [0.1, 0.15) is 5.92 Å². The van der Waals surface area contributed by atoms with E-state index in [0.29, 0.717) is 10.9 Å². The van der Waals surface area contributed by atoms with Crippen molar-refractivity contribution in [3.8, 4) is 0 Å². The van der Waals surface area contributed by atoms with Gasteiger partial charge in [0.05, 0.1) is 5.92 Å². The van der Waals surface area contributed by atoms with Crippen molar-refractivity contribution >= 4 is 28.7 Å². The van der Waals surface area contributed by atoms with E-state index < -0.39 is 41.1 Å². The molecule has 0 radical (unpaired) electrons. The van der Waals surface area contributed by atoms with Crippen molar-refractivity contribution in [2.24, 2.45) is 5.92 Å². The largest absolute Gasteiger partial charge is 0.361 e. The molecule has 130 valence electrons. The first-order valence-electron chi connectivity index (χ1n) is 7.59. The number of para-hydroxylation sites is 1. The van der Waals surface area contributed by atoms with Gasteiger partial charge in [-0.2, -0.15) is 0 Å². The second-order valence-corrected chi connectivity index (χ2v) is 5.97. The molecule has 4 amide bonds. The van der Waals surface area contributed by atoms with E-state index in [1.54, 1.807) is 24.4 Å². The third-order valence-electron chi connectivity index (χ3n) is 4.54. The van der Waals surface area contributed by atoms with Crippen LogP contribution in [0.15, 0.2) is 30.5 Å². The molecule has 25 heavy (non-hydrogen) atoms. The maximum Gasteiger partial charge on any atom is 0.332 e. The number of urea groups is 1. The lowest BCUT2D eigenvalue weighted by Crippen LogP contribution is -2.58. The van der Waals surface area contributed by atoms with Gasteiger partial charge in [0.2, 0.25) is 18.4 Å². The number of H-pyrrole nitrogens is 1. The van der Waals surface area contributed by atoms with Crippen LogP contribution < -0.4 is 0 Å². The van der Waals surface area contributed by atoms with Gasteiger partial charge >= 0.3 is 6.03 Å². The average molecular weight is 344 g/mol. The fourth-order valence-electron chi connectivity index (χ4n) is 3.23. The van der Waals surface area contributed by atoms with Crippen LogP contribution in [0.5, 0.6) is 0 Å². The van der Waals surface area contributed by atoms with E-state index in [2.05, 4.69) is 4.98 Å². The van der Waals surface area contributed by atoms with E-state index >= 15 is 0 Å². The van der Waals surface area contributed by atoms with Gasteiger partial charge in [0.15, 0.2) is 0 Å². The normalized spacial score (nSPS) is 17.4. The molecule has 1 aromatic heterocycles. The van der Waals surface area contributed by atoms with Crippen LogP contribution in [0.25, 0.3) is 10.9 Å². The zero-order chi connectivity index (χ0) is 18.3. The molecule has 1 aromatic carbocycles. The van der Waals surface area contributed by atoms with Gasteiger partial charge in [0.25, 0.3) is 0 Å². The van der Waals surface area contributed by atoms with Gasteiger partial charge in [-0.3, -0.25) is 29.5 Å². The van der Waals surface area contributed by atoms with Crippen LogP contribution in [0.4, 0.5) is 4.79 Å².